The summed E-state index contributed by atoms with van der Waals surface area (Å²) in [6.45, 7) is 5.78. The highest BCUT2D eigenvalue weighted by Gasteiger charge is 2.50. The van der Waals surface area contributed by atoms with Crippen LogP contribution < -0.4 is 16.8 Å². The summed E-state index contributed by atoms with van der Waals surface area (Å²) < 4.78 is 23.6. The van der Waals surface area contributed by atoms with Crippen LogP contribution in [0.15, 0.2) is 11.8 Å². The van der Waals surface area contributed by atoms with E-state index in [9.17, 15) is 15.3 Å². The number of likely N-dealkylation sites (N-methyl/N-ethyl adjacent to an activating group) is 1. The molecule has 3 rings (SSSR count). The summed E-state index contributed by atoms with van der Waals surface area (Å²) in [6, 6.07) is -1.05. The first-order chi connectivity index (χ1) is 14.6. The molecule has 2 fully saturated rings. The minimum atomic E-state index is -1.25. The first kappa shape index (κ1) is 24.8. The zero-order valence-electron chi connectivity index (χ0n) is 18.8. The van der Waals surface area contributed by atoms with Gasteiger partial charge in [0.1, 0.15) is 29.7 Å². The molecular weight excluding hydrogens is 406 g/mol. The fourth-order valence-electron chi connectivity index (χ4n) is 4.78. The van der Waals surface area contributed by atoms with E-state index in [0.717, 1.165) is 6.42 Å². The van der Waals surface area contributed by atoms with Gasteiger partial charge in [-0.3, -0.25) is 0 Å². The highest BCUT2D eigenvalue weighted by atomic mass is 16.7. The van der Waals surface area contributed by atoms with Crippen molar-refractivity contribution in [3.63, 3.8) is 0 Å². The van der Waals surface area contributed by atoms with Crippen molar-refractivity contribution in [3.8, 4) is 0 Å². The predicted molar refractivity (Wildman–Crippen MR) is 113 cm³/mol. The number of aliphatic hydroxyl groups excluding tert-OH is 2. The smallest absolute Gasteiger partial charge is 0.202 e. The highest BCUT2D eigenvalue weighted by Crippen LogP contribution is 2.35. The van der Waals surface area contributed by atoms with Gasteiger partial charge >= 0.3 is 0 Å². The lowest BCUT2D eigenvalue weighted by Crippen LogP contribution is -2.67. The van der Waals surface area contributed by atoms with Crippen molar-refractivity contribution in [2.45, 2.75) is 88.3 Å². The van der Waals surface area contributed by atoms with Crippen molar-refractivity contribution in [1.29, 1.82) is 0 Å². The SMILES string of the molecule is CNC1C(O)C(OC2C(C)CC(N)C(OC3OC(CN)=CCC3C)C2O)OCC1(C)O. The standard InChI is InChI=1S/C21H39N3O7/c1-10-5-6-12(8-22)29-19(10)31-17-13(23)7-11(2)16(14(17)25)30-20-15(26)18(24-4)21(3,27)9-28-20/h6,10-11,13-20,24-27H,5,7-9,22-23H2,1-4H3. The van der Waals surface area contributed by atoms with E-state index in [4.69, 9.17) is 30.4 Å². The van der Waals surface area contributed by atoms with E-state index in [0.29, 0.717) is 12.2 Å². The molecule has 0 spiro atoms. The molecule has 10 nitrogen and oxygen atoms in total. The fraction of sp³-hybridized carbons (Fsp3) is 0.905. The first-order valence-electron chi connectivity index (χ1n) is 11.1. The van der Waals surface area contributed by atoms with E-state index in [1.165, 1.54) is 0 Å². The minimum absolute atomic E-state index is 0.0154. The van der Waals surface area contributed by atoms with Gasteiger partial charge in [0.25, 0.3) is 0 Å². The van der Waals surface area contributed by atoms with E-state index < -0.39 is 54.7 Å². The molecule has 8 N–H and O–H groups in total. The summed E-state index contributed by atoms with van der Waals surface area (Å²) >= 11 is 0. The maximum absolute atomic E-state index is 11.1. The van der Waals surface area contributed by atoms with E-state index in [1.807, 2.05) is 19.9 Å². The van der Waals surface area contributed by atoms with Gasteiger partial charge in [-0.1, -0.05) is 13.8 Å². The Morgan fingerprint density at radius 1 is 1.16 bits per heavy atom. The summed E-state index contributed by atoms with van der Waals surface area (Å²) in [6.07, 6.45) is -1.86. The van der Waals surface area contributed by atoms with Crippen LogP contribution >= 0.6 is 0 Å². The quantitative estimate of drug-likeness (QED) is 0.292. The molecule has 31 heavy (non-hydrogen) atoms. The molecule has 11 atom stereocenters. The maximum Gasteiger partial charge on any atom is 0.202 e. The van der Waals surface area contributed by atoms with Crippen molar-refractivity contribution in [3.05, 3.63) is 11.8 Å². The number of ether oxygens (including phenoxy) is 4. The molecule has 0 aromatic carbocycles. The van der Waals surface area contributed by atoms with Crippen LogP contribution in [0.1, 0.15) is 33.6 Å². The molecule has 1 saturated heterocycles. The number of nitrogens with one attached hydrogen (secondary N) is 1. The third-order valence-corrected chi connectivity index (χ3v) is 6.67. The Labute approximate surface area is 183 Å². The summed E-state index contributed by atoms with van der Waals surface area (Å²) in [7, 11) is 1.65. The topological polar surface area (TPSA) is 162 Å². The molecule has 2 aliphatic heterocycles. The lowest BCUT2D eigenvalue weighted by molar-refractivity contribution is -0.308. The van der Waals surface area contributed by atoms with Gasteiger partial charge in [-0.15, -0.1) is 0 Å². The Balaban J connectivity index is 1.69. The molecule has 0 bridgehead atoms. The number of hydrogen-bond donors (Lipinski definition) is 6. The van der Waals surface area contributed by atoms with Gasteiger partial charge < -0.3 is 51.1 Å². The number of aliphatic hydroxyl groups is 3. The molecule has 0 amide bonds. The number of nitrogens with two attached hydrogens (primary N) is 2. The Hall–Kier alpha value is -0.820. The average Bonchev–Trinajstić information content (AvgIpc) is 2.71. The van der Waals surface area contributed by atoms with Crippen LogP contribution in [0, 0.1) is 11.8 Å². The monoisotopic (exact) mass is 445 g/mol. The Bertz CT molecular complexity index is 634. The van der Waals surface area contributed by atoms with Gasteiger partial charge in [-0.25, -0.2) is 0 Å². The zero-order valence-corrected chi connectivity index (χ0v) is 18.8. The number of hydrogen-bond acceptors (Lipinski definition) is 10. The molecule has 0 aromatic rings. The first-order valence-corrected chi connectivity index (χ1v) is 11.1. The van der Waals surface area contributed by atoms with Crippen molar-refractivity contribution >= 4 is 0 Å². The fourth-order valence-corrected chi connectivity index (χ4v) is 4.78. The van der Waals surface area contributed by atoms with Crippen LogP contribution in [0.3, 0.4) is 0 Å². The molecule has 2 heterocycles. The Morgan fingerprint density at radius 3 is 2.48 bits per heavy atom. The molecule has 3 aliphatic rings. The highest BCUT2D eigenvalue weighted by molar-refractivity contribution is 5.02. The van der Waals surface area contributed by atoms with Crippen LogP contribution in [0.2, 0.25) is 0 Å². The van der Waals surface area contributed by atoms with Crippen LogP contribution in [-0.2, 0) is 18.9 Å². The molecule has 180 valence electrons. The summed E-state index contributed by atoms with van der Waals surface area (Å²) in [4.78, 5) is 0. The second-order valence-electron chi connectivity index (χ2n) is 9.44. The Morgan fingerprint density at radius 2 is 1.84 bits per heavy atom. The molecule has 0 aromatic heterocycles. The summed E-state index contributed by atoms with van der Waals surface area (Å²) in [5.41, 5.74) is 10.8. The second kappa shape index (κ2) is 9.98. The van der Waals surface area contributed by atoms with Gasteiger partial charge in [0, 0.05) is 12.0 Å². The third kappa shape index (κ3) is 5.23. The molecular formula is C21H39N3O7. The summed E-state index contributed by atoms with van der Waals surface area (Å²) in [5.74, 6) is 0.642. The maximum atomic E-state index is 11.1. The van der Waals surface area contributed by atoms with Crippen LogP contribution in [0.4, 0.5) is 0 Å². The van der Waals surface area contributed by atoms with Crippen molar-refractivity contribution in [1.82, 2.24) is 5.32 Å². The third-order valence-electron chi connectivity index (χ3n) is 6.67. The van der Waals surface area contributed by atoms with Gasteiger partial charge in [-0.2, -0.15) is 0 Å². The average molecular weight is 446 g/mol. The van der Waals surface area contributed by atoms with E-state index >= 15 is 0 Å². The van der Waals surface area contributed by atoms with Gasteiger partial charge in [-0.05, 0) is 38.8 Å². The lowest BCUT2D eigenvalue weighted by Gasteiger charge is -2.48. The zero-order chi connectivity index (χ0) is 22.9. The van der Waals surface area contributed by atoms with E-state index in [1.54, 1.807) is 14.0 Å². The van der Waals surface area contributed by atoms with Crippen molar-refractivity contribution in [2.75, 3.05) is 20.2 Å². The molecule has 1 aliphatic carbocycles. The molecule has 11 unspecified atom stereocenters. The largest absolute Gasteiger partial charge is 0.468 e. The summed E-state index contributed by atoms with van der Waals surface area (Å²) in [5, 5.41) is 35.2. The second-order valence-corrected chi connectivity index (χ2v) is 9.44. The van der Waals surface area contributed by atoms with Crippen LogP contribution in [0.25, 0.3) is 0 Å². The molecule has 1 saturated carbocycles. The number of allylic oxidation sites excluding steroid dienone is 1. The van der Waals surface area contributed by atoms with Crippen LogP contribution in [-0.4, -0.2) is 90.2 Å². The molecule has 10 heteroatoms. The van der Waals surface area contributed by atoms with Crippen molar-refractivity contribution < 1.29 is 34.3 Å². The van der Waals surface area contributed by atoms with E-state index in [2.05, 4.69) is 5.32 Å². The predicted octanol–water partition coefficient (Wildman–Crippen LogP) is -1.23. The van der Waals surface area contributed by atoms with E-state index in [-0.39, 0.29) is 25.0 Å². The van der Waals surface area contributed by atoms with Gasteiger partial charge in [0.2, 0.25) is 6.29 Å². The number of rotatable bonds is 6. The van der Waals surface area contributed by atoms with Crippen molar-refractivity contribution in [2.24, 2.45) is 23.3 Å². The minimum Gasteiger partial charge on any atom is -0.468 e. The Kier molecular flexibility index (Phi) is 7.99. The lowest BCUT2D eigenvalue weighted by atomic mass is 9.80. The van der Waals surface area contributed by atoms with Crippen LogP contribution in [0.5, 0.6) is 0 Å². The van der Waals surface area contributed by atoms with Gasteiger partial charge in [0.05, 0.1) is 25.3 Å². The normalized spacial score (nSPS) is 48.7. The van der Waals surface area contributed by atoms with Gasteiger partial charge in [0.15, 0.2) is 6.29 Å². The molecule has 0 radical (unpaired) electrons.